The van der Waals surface area contributed by atoms with Crippen LogP contribution in [0.15, 0.2) is 24.3 Å². The number of likely N-dealkylation sites (N-methyl/N-ethyl adjacent to an activating group) is 1. The molecule has 1 fully saturated rings. The van der Waals surface area contributed by atoms with Crippen LogP contribution in [0.4, 0.5) is 0 Å². The zero-order valence-electron chi connectivity index (χ0n) is 12.9. The third kappa shape index (κ3) is 4.75. The fraction of sp³-hybridized carbons (Fsp3) is 0.625. The first-order chi connectivity index (χ1) is 8.97. The van der Waals surface area contributed by atoms with Crippen molar-refractivity contribution in [3.63, 3.8) is 0 Å². The molecule has 0 heterocycles. The van der Waals surface area contributed by atoms with Gasteiger partial charge >= 0.3 is 0 Å². The van der Waals surface area contributed by atoms with Gasteiger partial charge in [0, 0.05) is 25.7 Å². The summed E-state index contributed by atoms with van der Waals surface area (Å²) in [7, 11) is 1.10. The molecule has 106 valence electrons. The van der Waals surface area contributed by atoms with E-state index in [0.717, 1.165) is 25.7 Å². The second-order valence-electron chi connectivity index (χ2n) is 6.84. The Bertz CT molecular complexity index is 390. The Hall–Kier alpha value is -0.643. The fourth-order valence-corrected chi connectivity index (χ4v) is 3.48. The van der Waals surface area contributed by atoms with Gasteiger partial charge in [-0.3, -0.25) is 0 Å². The summed E-state index contributed by atoms with van der Waals surface area (Å²) in [6, 6.07) is 10.1. The quantitative estimate of drug-likeness (QED) is 0.608. The third-order valence-electron chi connectivity index (χ3n) is 3.96. The van der Waals surface area contributed by atoms with Crippen LogP contribution in [0, 0.1) is 0 Å². The molecule has 0 bridgehead atoms. The summed E-state index contributed by atoms with van der Waals surface area (Å²) in [6.07, 6.45) is 2.79. The van der Waals surface area contributed by atoms with Gasteiger partial charge in [0.25, 0.3) is 0 Å². The Balaban J connectivity index is 1.70. The van der Waals surface area contributed by atoms with Gasteiger partial charge in [0.15, 0.2) is 0 Å². The van der Waals surface area contributed by atoms with E-state index >= 15 is 0 Å². The van der Waals surface area contributed by atoms with Crippen LogP contribution in [0.2, 0.25) is 19.6 Å². The maximum Gasteiger partial charge on any atom is 0.0775 e. The number of hydrogen-bond acceptors (Lipinski definition) is 2. The first kappa shape index (κ1) is 14.8. The van der Waals surface area contributed by atoms with Crippen LogP contribution in [0.1, 0.15) is 18.4 Å². The van der Waals surface area contributed by atoms with Crippen molar-refractivity contribution in [3.05, 3.63) is 29.8 Å². The highest BCUT2D eigenvalue weighted by Gasteiger charge is 2.25. The average molecular weight is 277 g/mol. The molecule has 3 heteroatoms. The number of rotatable bonds is 7. The van der Waals surface area contributed by atoms with Crippen molar-refractivity contribution in [2.45, 2.75) is 45.1 Å². The average Bonchev–Trinajstić information content (AvgIpc) is 3.18. The normalized spacial score (nSPS) is 16.1. The molecular weight excluding hydrogens is 248 g/mol. The van der Waals surface area contributed by atoms with E-state index in [1.807, 2.05) is 0 Å². The van der Waals surface area contributed by atoms with Crippen molar-refractivity contribution in [1.29, 1.82) is 0 Å². The molecule has 1 aromatic carbocycles. The zero-order valence-corrected chi connectivity index (χ0v) is 13.9. The van der Waals surface area contributed by atoms with Crippen molar-refractivity contribution in [2.24, 2.45) is 0 Å². The van der Waals surface area contributed by atoms with Crippen LogP contribution in [0.5, 0.6) is 0 Å². The maximum atomic E-state index is 3.54. The van der Waals surface area contributed by atoms with Crippen LogP contribution in [0.3, 0.4) is 0 Å². The lowest BCUT2D eigenvalue weighted by Gasteiger charge is -2.17. The van der Waals surface area contributed by atoms with Gasteiger partial charge in [-0.05, 0) is 25.5 Å². The lowest BCUT2D eigenvalue weighted by atomic mass is 10.2. The van der Waals surface area contributed by atoms with Gasteiger partial charge in [-0.1, -0.05) is 49.1 Å². The highest BCUT2D eigenvalue weighted by molar-refractivity contribution is 6.88. The summed E-state index contributed by atoms with van der Waals surface area (Å²) in [6.45, 7) is 10.4. The zero-order chi connectivity index (χ0) is 13.9. The lowest BCUT2D eigenvalue weighted by molar-refractivity contribution is 0.321. The lowest BCUT2D eigenvalue weighted by Crippen LogP contribution is -2.37. The molecule has 2 nitrogen and oxygen atoms in total. The highest BCUT2D eigenvalue weighted by atomic mass is 28.3. The summed E-state index contributed by atoms with van der Waals surface area (Å²) in [5.41, 5.74) is 1.40. The molecule has 0 unspecified atom stereocenters. The largest absolute Gasteiger partial charge is 0.311 e. The highest BCUT2D eigenvalue weighted by Crippen LogP contribution is 2.24. The summed E-state index contributed by atoms with van der Waals surface area (Å²) >= 11 is 0. The minimum atomic E-state index is -1.14. The Labute approximate surface area is 119 Å². The van der Waals surface area contributed by atoms with Crippen molar-refractivity contribution < 1.29 is 0 Å². The predicted molar refractivity (Wildman–Crippen MR) is 86.8 cm³/mol. The van der Waals surface area contributed by atoms with Gasteiger partial charge in [0.1, 0.15) is 0 Å². The van der Waals surface area contributed by atoms with Gasteiger partial charge in [0.2, 0.25) is 0 Å². The summed E-state index contributed by atoms with van der Waals surface area (Å²) in [5, 5.41) is 5.09. The molecule has 0 atom stereocenters. The van der Waals surface area contributed by atoms with Gasteiger partial charge in [-0.15, -0.1) is 0 Å². The van der Waals surface area contributed by atoms with E-state index in [2.05, 4.69) is 61.2 Å². The molecule has 0 amide bonds. The van der Waals surface area contributed by atoms with Crippen LogP contribution in [0.25, 0.3) is 0 Å². The van der Waals surface area contributed by atoms with E-state index in [4.69, 9.17) is 0 Å². The monoisotopic (exact) mass is 276 g/mol. The molecule has 1 aromatic rings. The van der Waals surface area contributed by atoms with Gasteiger partial charge < -0.3 is 10.2 Å². The summed E-state index contributed by atoms with van der Waals surface area (Å²) in [4.78, 5) is 2.47. The SMILES string of the molecule is CN(CCNCc1ccc([Si](C)(C)C)cc1)C1CC1. The minimum Gasteiger partial charge on any atom is -0.311 e. The molecule has 1 N–H and O–H groups in total. The topological polar surface area (TPSA) is 15.3 Å². The molecule has 0 aromatic heterocycles. The van der Waals surface area contributed by atoms with Gasteiger partial charge in [-0.25, -0.2) is 0 Å². The Morgan fingerprint density at radius 2 is 1.79 bits per heavy atom. The van der Waals surface area contributed by atoms with E-state index in [-0.39, 0.29) is 0 Å². The van der Waals surface area contributed by atoms with E-state index in [1.165, 1.54) is 18.4 Å². The predicted octanol–water partition coefficient (Wildman–Crippen LogP) is 2.42. The maximum absolute atomic E-state index is 3.54. The molecule has 1 aliphatic rings. The third-order valence-corrected chi connectivity index (χ3v) is 6.03. The Kier molecular flexibility index (Phi) is 4.82. The second-order valence-corrected chi connectivity index (χ2v) is 11.9. The van der Waals surface area contributed by atoms with Crippen molar-refractivity contribution in [2.75, 3.05) is 20.1 Å². The van der Waals surface area contributed by atoms with Crippen LogP contribution < -0.4 is 10.5 Å². The number of hydrogen-bond donors (Lipinski definition) is 1. The van der Waals surface area contributed by atoms with Crippen LogP contribution in [-0.2, 0) is 6.54 Å². The van der Waals surface area contributed by atoms with E-state index in [1.54, 1.807) is 5.19 Å². The minimum absolute atomic E-state index is 0.873. The molecule has 0 saturated heterocycles. The van der Waals surface area contributed by atoms with E-state index < -0.39 is 8.07 Å². The van der Waals surface area contributed by atoms with E-state index in [9.17, 15) is 0 Å². The molecule has 1 aliphatic carbocycles. The molecule has 2 rings (SSSR count). The van der Waals surface area contributed by atoms with Crippen molar-refractivity contribution in [3.8, 4) is 0 Å². The van der Waals surface area contributed by atoms with Crippen molar-refractivity contribution in [1.82, 2.24) is 10.2 Å². The van der Waals surface area contributed by atoms with Crippen LogP contribution >= 0.6 is 0 Å². The molecule has 0 radical (unpaired) electrons. The second kappa shape index (κ2) is 6.20. The Morgan fingerprint density at radius 3 is 2.32 bits per heavy atom. The fourth-order valence-electron chi connectivity index (χ4n) is 2.31. The molecular formula is C16H28N2Si. The number of benzene rings is 1. The van der Waals surface area contributed by atoms with Crippen molar-refractivity contribution >= 4 is 13.3 Å². The first-order valence-electron chi connectivity index (χ1n) is 7.47. The smallest absolute Gasteiger partial charge is 0.0775 e. The van der Waals surface area contributed by atoms with Gasteiger partial charge in [0.05, 0.1) is 8.07 Å². The number of nitrogens with zero attached hydrogens (tertiary/aromatic N) is 1. The summed E-state index contributed by atoms with van der Waals surface area (Å²) in [5.74, 6) is 0. The molecule has 0 spiro atoms. The first-order valence-corrected chi connectivity index (χ1v) is 11.0. The molecule has 0 aliphatic heterocycles. The Morgan fingerprint density at radius 1 is 1.16 bits per heavy atom. The summed E-state index contributed by atoms with van der Waals surface area (Å²) < 4.78 is 0. The molecule has 19 heavy (non-hydrogen) atoms. The van der Waals surface area contributed by atoms with E-state index in [0.29, 0.717) is 0 Å². The number of nitrogens with one attached hydrogen (secondary N) is 1. The molecule has 1 saturated carbocycles. The van der Waals surface area contributed by atoms with Gasteiger partial charge in [-0.2, -0.15) is 0 Å². The standard InChI is InChI=1S/C16H28N2Si/c1-18(15-7-8-15)12-11-17-13-14-5-9-16(10-6-14)19(2,3)4/h5-6,9-10,15,17H,7-8,11-13H2,1-4H3. The van der Waals surface area contributed by atoms with Crippen LogP contribution in [-0.4, -0.2) is 39.2 Å².